The molecule has 1 N–H and O–H groups in total. The minimum atomic E-state index is -0.393. The zero-order valence-corrected chi connectivity index (χ0v) is 20.2. The van der Waals surface area contributed by atoms with E-state index in [0.717, 1.165) is 5.56 Å². The zero-order valence-electron chi connectivity index (χ0n) is 17.9. The summed E-state index contributed by atoms with van der Waals surface area (Å²) in [5.74, 6) is 1.17. The average molecular weight is 497 g/mol. The number of hydrogen-bond donors (Lipinski definition) is 1. The van der Waals surface area contributed by atoms with Gasteiger partial charge in [-0.3, -0.25) is 9.36 Å². The fourth-order valence-electron chi connectivity index (χ4n) is 3.51. The average Bonchev–Trinajstić information content (AvgIpc) is 3.22. The molecule has 0 spiro atoms. The van der Waals surface area contributed by atoms with Gasteiger partial charge < -0.3 is 5.32 Å². The molecule has 168 valence electrons. The van der Waals surface area contributed by atoms with Gasteiger partial charge in [0.15, 0.2) is 11.0 Å². The van der Waals surface area contributed by atoms with Gasteiger partial charge in [0.1, 0.15) is 0 Å². The van der Waals surface area contributed by atoms with E-state index in [0.29, 0.717) is 38.9 Å². The van der Waals surface area contributed by atoms with Crippen molar-refractivity contribution in [2.75, 3.05) is 0 Å². The molecule has 1 amide bonds. The van der Waals surface area contributed by atoms with Crippen molar-refractivity contribution in [3.8, 4) is 5.69 Å². The van der Waals surface area contributed by atoms with Gasteiger partial charge in [0, 0.05) is 17.7 Å². The number of carbonyl (C=O) groups excluding carboxylic acids is 1. The van der Waals surface area contributed by atoms with Crippen LogP contribution in [-0.4, -0.2) is 20.7 Å². The second-order valence-electron chi connectivity index (χ2n) is 7.49. The SMILES string of the molecule is CC(=O)NC(Cc1ccccc1)c1nnc(SCc2ccccc2)n1-c1ccc(Cl)cc1Cl. The number of benzene rings is 3. The third-order valence-electron chi connectivity index (χ3n) is 4.99. The fraction of sp³-hybridized carbons (Fsp3) is 0.160. The summed E-state index contributed by atoms with van der Waals surface area (Å²) in [6, 6.07) is 25.0. The van der Waals surface area contributed by atoms with E-state index in [2.05, 4.69) is 27.6 Å². The summed E-state index contributed by atoms with van der Waals surface area (Å²) in [5, 5.41) is 13.7. The van der Waals surface area contributed by atoms with Crippen molar-refractivity contribution >= 4 is 40.9 Å². The molecule has 4 aromatic rings. The van der Waals surface area contributed by atoms with Gasteiger partial charge in [-0.05, 0) is 35.7 Å². The Morgan fingerprint density at radius 2 is 1.64 bits per heavy atom. The Labute approximate surface area is 207 Å². The summed E-state index contributed by atoms with van der Waals surface area (Å²) in [5.41, 5.74) is 2.95. The number of nitrogens with zero attached hydrogens (tertiary/aromatic N) is 3. The van der Waals surface area contributed by atoms with Gasteiger partial charge in [-0.15, -0.1) is 10.2 Å². The summed E-state index contributed by atoms with van der Waals surface area (Å²) >= 11 is 14.3. The van der Waals surface area contributed by atoms with Crippen LogP contribution < -0.4 is 5.32 Å². The summed E-state index contributed by atoms with van der Waals surface area (Å²) in [6.45, 7) is 1.50. The lowest BCUT2D eigenvalue weighted by molar-refractivity contribution is -0.119. The monoisotopic (exact) mass is 496 g/mol. The molecule has 0 saturated carbocycles. The molecule has 0 aliphatic rings. The second kappa shape index (κ2) is 10.9. The maximum absolute atomic E-state index is 12.1. The van der Waals surface area contributed by atoms with E-state index in [1.165, 1.54) is 12.5 Å². The number of aromatic nitrogens is 3. The molecule has 33 heavy (non-hydrogen) atoms. The molecule has 1 atom stereocenters. The number of hydrogen-bond acceptors (Lipinski definition) is 4. The number of amides is 1. The summed E-state index contributed by atoms with van der Waals surface area (Å²) in [4.78, 5) is 12.1. The van der Waals surface area contributed by atoms with E-state index in [9.17, 15) is 4.79 Å². The fourth-order valence-corrected chi connectivity index (χ4v) is 4.91. The predicted octanol–water partition coefficient (Wildman–Crippen LogP) is 6.29. The van der Waals surface area contributed by atoms with Crippen molar-refractivity contribution in [2.24, 2.45) is 0 Å². The quantitative estimate of drug-likeness (QED) is 0.291. The first kappa shape index (κ1) is 23.4. The van der Waals surface area contributed by atoms with Gasteiger partial charge in [0.05, 0.1) is 16.8 Å². The number of nitrogens with one attached hydrogen (secondary N) is 1. The molecule has 1 unspecified atom stereocenters. The van der Waals surface area contributed by atoms with Crippen LogP contribution >= 0.6 is 35.0 Å². The highest BCUT2D eigenvalue weighted by Crippen LogP contribution is 2.33. The van der Waals surface area contributed by atoms with Crippen LogP contribution in [-0.2, 0) is 17.0 Å². The molecule has 0 saturated heterocycles. The number of rotatable bonds is 8. The van der Waals surface area contributed by atoms with E-state index in [4.69, 9.17) is 23.2 Å². The molecule has 0 radical (unpaired) electrons. The van der Waals surface area contributed by atoms with E-state index < -0.39 is 6.04 Å². The number of halogens is 2. The smallest absolute Gasteiger partial charge is 0.217 e. The van der Waals surface area contributed by atoms with Crippen molar-refractivity contribution in [2.45, 2.75) is 30.3 Å². The van der Waals surface area contributed by atoms with E-state index >= 15 is 0 Å². The molecule has 0 aliphatic carbocycles. The molecular weight excluding hydrogens is 475 g/mol. The van der Waals surface area contributed by atoms with Crippen molar-refractivity contribution < 1.29 is 4.79 Å². The minimum absolute atomic E-state index is 0.147. The van der Waals surface area contributed by atoms with Gasteiger partial charge >= 0.3 is 0 Å². The molecule has 0 aliphatic heterocycles. The highest BCUT2D eigenvalue weighted by Gasteiger charge is 2.25. The lowest BCUT2D eigenvalue weighted by Gasteiger charge is -2.20. The topological polar surface area (TPSA) is 59.8 Å². The maximum Gasteiger partial charge on any atom is 0.217 e. The first-order chi connectivity index (χ1) is 16.0. The highest BCUT2D eigenvalue weighted by molar-refractivity contribution is 7.98. The first-order valence-electron chi connectivity index (χ1n) is 10.4. The van der Waals surface area contributed by atoms with E-state index in [-0.39, 0.29) is 5.91 Å². The Kier molecular flexibility index (Phi) is 7.70. The molecule has 8 heteroatoms. The van der Waals surface area contributed by atoms with Gasteiger partial charge in [-0.1, -0.05) is 95.6 Å². The summed E-state index contributed by atoms with van der Waals surface area (Å²) in [7, 11) is 0. The van der Waals surface area contributed by atoms with Crippen LogP contribution in [0.25, 0.3) is 5.69 Å². The molecule has 1 heterocycles. The van der Waals surface area contributed by atoms with E-state index in [1.54, 1.807) is 23.9 Å². The second-order valence-corrected chi connectivity index (χ2v) is 9.28. The van der Waals surface area contributed by atoms with Crippen LogP contribution in [0.3, 0.4) is 0 Å². The molecule has 4 rings (SSSR count). The van der Waals surface area contributed by atoms with Crippen LogP contribution in [0, 0.1) is 0 Å². The zero-order chi connectivity index (χ0) is 23.2. The summed E-state index contributed by atoms with van der Waals surface area (Å²) < 4.78 is 1.91. The Balaban J connectivity index is 1.76. The number of carbonyl (C=O) groups is 1. The lowest BCUT2D eigenvalue weighted by atomic mass is 10.1. The Hall–Kier alpha value is -2.80. The van der Waals surface area contributed by atoms with Gasteiger partial charge in [0.25, 0.3) is 0 Å². The van der Waals surface area contributed by atoms with E-state index in [1.807, 2.05) is 59.2 Å². The Morgan fingerprint density at radius 3 is 2.27 bits per heavy atom. The molecule has 0 bridgehead atoms. The largest absolute Gasteiger partial charge is 0.346 e. The lowest BCUT2D eigenvalue weighted by Crippen LogP contribution is -2.30. The van der Waals surface area contributed by atoms with Crippen LogP contribution in [0.15, 0.2) is 84.0 Å². The van der Waals surface area contributed by atoms with Gasteiger partial charge in [0.2, 0.25) is 5.91 Å². The Morgan fingerprint density at radius 1 is 0.970 bits per heavy atom. The molecule has 3 aromatic carbocycles. The van der Waals surface area contributed by atoms with Crippen molar-refractivity contribution in [1.82, 2.24) is 20.1 Å². The minimum Gasteiger partial charge on any atom is -0.346 e. The Bertz CT molecular complexity index is 1230. The normalized spacial score (nSPS) is 11.8. The highest BCUT2D eigenvalue weighted by atomic mass is 35.5. The molecular formula is C25H22Cl2N4OS. The summed E-state index contributed by atoms with van der Waals surface area (Å²) in [6.07, 6.45) is 0.563. The van der Waals surface area contributed by atoms with Crippen molar-refractivity contribution in [3.05, 3.63) is 106 Å². The van der Waals surface area contributed by atoms with Gasteiger partial charge in [-0.2, -0.15) is 0 Å². The van der Waals surface area contributed by atoms with Gasteiger partial charge in [-0.25, -0.2) is 0 Å². The molecule has 1 aromatic heterocycles. The first-order valence-corrected chi connectivity index (χ1v) is 12.1. The predicted molar refractivity (Wildman–Crippen MR) is 134 cm³/mol. The third-order valence-corrected chi connectivity index (χ3v) is 6.53. The van der Waals surface area contributed by atoms with Crippen molar-refractivity contribution in [1.29, 1.82) is 0 Å². The van der Waals surface area contributed by atoms with Crippen LogP contribution in [0.4, 0.5) is 0 Å². The van der Waals surface area contributed by atoms with Crippen molar-refractivity contribution in [3.63, 3.8) is 0 Å². The third kappa shape index (κ3) is 5.96. The maximum atomic E-state index is 12.1. The standard InChI is InChI=1S/C25H22Cl2N4OS/c1-17(32)28-22(14-18-8-4-2-5-9-18)24-29-30-25(33-16-19-10-6-3-7-11-19)31(24)23-13-12-20(26)15-21(23)27/h2-13,15,22H,14,16H2,1H3,(H,28,32). The van der Waals surface area contributed by atoms with Crippen LogP contribution in [0.2, 0.25) is 10.0 Å². The van der Waals surface area contributed by atoms with Crippen LogP contribution in [0.5, 0.6) is 0 Å². The number of thioether (sulfide) groups is 1. The molecule has 0 fully saturated rings. The molecule has 5 nitrogen and oxygen atoms in total. The van der Waals surface area contributed by atoms with Crippen LogP contribution in [0.1, 0.15) is 29.9 Å².